The van der Waals surface area contributed by atoms with Crippen LogP contribution in [0.2, 0.25) is 0 Å². The predicted octanol–water partition coefficient (Wildman–Crippen LogP) is 1.40. The van der Waals surface area contributed by atoms with Crippen molar-refractivity contribution < 1.29 is 8.42 Å². The molecule has 1 heterocycles. The van der Waals surface area contributed by atoms with Crippen LogP contribution >= 0.6 is 23.2 Å². The molecule has 0 aliphatic carbocycles. The van der Waals surface area contributed by atoms with Gasteiger partial charge in [0.25, 0.3) is 0 Å². The molecular formula is C6H6Cl2N2O2S. The van der Waals surface area contributed by atoms with Crippen LogP contribution in [0, 0.1) is 0 Å². The molecule has 13 heavy (non-hydrogen) atoms. The lowest BCUT2D eigenvalue weighted by Gasteiger charge is -2.12. The van der Waals surface area contributed by atoms with Crippen molar-refractivity contribution in [2.75, 3.05) is 0 Å². The van der Waals surface area contributed by atoms with E-state index in [1.165, 1.54) is 19.2 Å². The molecule has 0 saturated heterocycles. The number of alkyl halides is 2. The van der Waals surface area contributed by atoms with Gasteiger partial charge in [-0.05, 0) is 13.0 Å². The third-order valence-corrected chi connectivity index (χ3v) is 4.26. The molecule has 1 aromatic rings. The van der Waals surface area contributed by atoms with Crippen LogP contribution in [0.1, 0.15) is 6.92 Å². The van der Waals surface area contributed by atoms with Crippen molar-refractivity contribution in [3.8, 4) is 0 Å². The van der Waals surface area contributed by atoms with E-state index in [1.54, 1.807) is 0 Å². The second-order valence-electron chi connectivity index (χ2n) is 2.36. The lowest BCUT2D eigenvalue weighted by molar-refractivity contribution is 0.586. The normalized spacial score (nSPS) is 12.8. The fourth-order valence-electron chi connectivity index (χ4n) is 0.621. The highest BCUT2D eigenvalue weighted by atomic mass is 35.5. The molecule has 0 saturated carbocycles. The van der Waals surface area contributed by atoms with Gasteiger partial charge in [0.2, 0.25) is 13.5 Å². The van der Waals surface area contributed by atoms with E-state index < -0.39 is 13.5 Å². The Bertz CT molecular complexity index is 385. The van der Waals surface area contributed by atoms with Gasteiger partial charge in [-0.1, -0.05) is 23.2 Å². The molecule has 0 fully saturated rings. The molecule has 0 aliphatic rings. The SMILES string of the molecule is CC(Cl)(Cl)S(=O)(=O)c1ccncn1. The summed E-state index contributed by atoms with van der Waals surface area (Å²) in [5.74, 6) is 0. The lowest BCUT2D eigenvalue weighted by atomic mass is 10.7. The van der Waals surface area contributed by atoms with Gasteiger partial charge in [0.1, 0.15) is 6.33 Å². The summed E-state index contributed by atoms with van der Waals surface area (Å²) in [5, 5.41) is -0.185. The Labute approximate surface area is 85.8 Å². The average molecular weight is 241 g/mol. The highest BCUT2D eigenvalue weighted by Crippen LogP contribution is 2.31. The zero-order valence-corrected chi connectivity index (χ0v) is 8.94. The first-order chi connectivity index (χ1) is 5.86. The molecule has 0 aromatic carbocycles. The highest BCUT2D eigenvalue weighted by molar-refractivity contribution is 7.95. The Balaban J connectivity index is 3.26. The summed E-state index contributed by atoms with van der Waals surface area (Å²) in [6.07, 6.45) is 2.42. The Hall–Kier alpha value is -0.390. The van der Waals surface area contributed by atoms with E-state index in [0.717, 1.165) is 6.33 Å². The zero-order chi connectivity index (χ0) is 10.1. The largest absolute Gasteiger partial charge is 0.245 e. The third-order valence-electron chi connectivity index (χ3n) is 1.30. The van der Waals surface area contributed by atoms with Crippen LogP contribution in [0.5, 0.6) is 0 Å². The van der Waals surface area contributed by atoms with E-state index in [-0.39, 0.29) is 5.03 Å². The first-order valence-corrected chi connectivity index (χ1v) is 5.48. The maximum Gasteiger partial charge on any atom is 0.229 e. The molecule has 0 aliphatic heterocycles. The molecule has 0 N–H and O–H groups in total. The van der Waals surface area contributed by atoms with Crippen molar-refractivity contribution in [2.45, 2.75) is 15.6 Å². The van der Waals surface area contributed by atoms with Crippen LogP contribution in [-0.2, 0) is 9.84 Å². The maximum atomic E-state index is 11.5. The molecule has 0 amide bonds. The minimum absolute atomic E-state index is 0.185. The number of rotatable bonds is 2. The van der Waals surface area contributed by atoms with Crippen molar-refractivity contribution in [1.29, 1.82) is 0 Å². The van der Waals surface area contributed by atoms with Crippen molar-refractivity contribution in [2.24, 2.45) is 0 Å². The van der Waals surface area contributed by atoms with E-state index in [9.17, 15) is 8.42 Å². The predicted molar refractivity (Wildman–Crippen MR) is 49.3 cm³/mol. The third kappa shape index (κ3) is 2.10. The van der Waals surface area contributed by atoms with E-state index in [1.807, 2.05) is 0 Å². The number of hydrogen-bond donors (Lipinski definition) is 0. The molecule has 7 heteroatoms. The molecule has 0 radical (unpaired) electrons. The Kier molecular flexibility index (Phi) is 2.79. The van der Waals surface area contributed by atoms with Crippen LogP contribution in [0.4, 0.5) is 0 Å². The molecule has 1 rings (SSSR count). The Morgan fingerprint density at radius 1 is 1.46 bits per heavy atom. The van der Waals surface area contributed by atoms with Gasteiger partial charge in [0.05, 0.1) is 0 Å². The van der Waals surface area contributed by atoms with Crippen LogP contribution in [-0.4, -0.2) is 22.1 Å². The number of sulfone groups is 1. The molecule has 0 bridgehead atoms. The molecule has 4 nitrogen and oxygen atoms in total. The van der Waals surface area contributed by atoms with Gasteiger partial charge >= 0.3 is 0 Å². The lowest BCUT2D eigenvalue weighted by Crippen LogP contribution is -2.23. The summed E-state index contributed by atoms with van der Waals surface area (Å²) in [5.41, 5.74) is 0. The summed E-state index contributed by atoms with van der Waals surface area (Å²) in [6, 6.07) is 1.23. The smallest absolute Gasteiger partial charge is 0.229 e. The fraction of sp³-hybridized carbons (Fsp3) is 0.333. The highest BCUT2D eigenvalue weighted by Gasteiger charge is 2.37. The molecule has 0 atom stereocenters. The summed E-state index contributed by atoms with van der Waals surface area (Å²) in [6.45, 7) is 1.17. The van der Waals surface area contributed by atoms with Crippen molar-refractivity contribution in [3.63, 3.8) is 0 Å². The van der Waals surface area contributed by atoms with Crippen molar-refractivity contribution >= 4 is 33.0 Å². The second-order valence-corrected chi connectivity index (χ2v) is 6.75. The Morgan fingerprint density at radius 3 is 2.46 bits per heavy atom. The zero-order valence-electron chi connectivity index (χ0n) is 6.61. The standard InChI is InChI=1S/C6H6Cl2N2O2S/c1-6(7,8)13(11,12)5-2-3-9-4-10-5/h2-4H,1H3. The van der Waals surface area contributed by atoms with Gasteiger partial charge in [-0.15, -0.1) is 0 Å². The summed E-state index contributed by atoms with van der Waals surface area (Å²) in [4.78, 5) is 7.13. The second kappa shape index (κ2) is 3.40. The first kappa shape index (κ1) is 10.7. The topological polar surface area (TPSA) is 59.9 Å². The van der Waals surface area contributed by atoms with E-state index in [4.69, 9.17) is 23.2 Å². The average Bonchev–Trinajstić information content (AvgIpc) is 2.04. The summed E-state index contributed by atoms with van der Waals surface area (Å²) >= 11 is 11.0. The quantitative estimate of drug-likeness (QED) is 0.580. The van der Waals surface area contributed by atoms with E-state index in [0.29, 0.717) is 0 Å². The van der Waals surface area contributed by atoms with Crippen LogP contribution < -0.4 is 0 Å². The van der Waals surface area contributed by atoms with Crippen molar-refractivity contribution in [3.05, 3.63) is 18.6 Å². The number of hydrogen-bond acceptors (Lipinski definition) is 4. The summed E-state index contributed by atoms with van der Waals surface area (Å²) < 4.78 is 21.1. The van der Waals surface area contributed by atoms with Gasteiger partial charge in [0.15, 0.2) is 5.03 Å². The monoisotopic (exact) mass is 240 g/mol. The maximum absolute atomic E-state index is 11.5. The first-order valence-electron chi connectivity index (χ1n) is 3.24. The van der Waals surface area contributed by atoms with Gasteiger partial charge in [-0.25, -0.2) is 18.4 Å². The number of nitrogens with zero attached hydrogens (tertiary/aromatic N) is 2. The molecule has 72 valence electrons. The summed E-state index contributed by atoms with van der Waals surface area (Å²) in [7, 11) is -3.80. The van der Waals surface area contributed by atoms with E-state index in [2.05, 4.69) is 9.97 Å². The molecule has 1 aromatic heterocycles. The minimum Gasteiger partial charge on any atom is -0.245 e. The number of halogens is 2. The molecule has 0 unspecified atom stereocenters. The molecular weight excluding hydrogens is 235 g/mol. The number of aromatic nitrogens is 2. The van der Waals surface area contributed by atoms with Gasteiger partial charge in [0, 0.05) is 6.20 Å². The van der Waals surface area contributed by atoms with Crippen molar-refractivity contribution in [1.82, 2.24) is 9.97 Å². The Morgan fingerprint density at radius 2 is 2.08 bits per heavy atom. The van der Waals surface area contributed by atoms with Gasteiger partial charge < -0.3 is 0 Å². The van der Waals surface area contributed by atoms with Crippen LogP contribution in [0.25, 0.3) is 0 Å². The van der Waals surface area contributed by atoms with E-state index >= 15 is 0 Å². The molecule has 0 spiro atoms. The van der Waals surface area contributed by atoms with Gasteiger partial charge in [-0.2, -0.15) is 0 Å². The van der Waals surface area contributed by atoms with Gasteiger partial charge in [-0.3, -0.25) is 0 Å². The van der Waals surface area contributed by atoms with Crippen LogP contribution in [0.3, 0.4) is 0 Å². The van der Waals surface area contributed by atoms with Crippen LogP contribution in [0.15, 0.2) is 23.6 Å². The minimum atomic E-state index is -3.80. The fourth-order valence-corrected chi connectivity index (χ4v) is 1.89.